The molecule has 13 heavy (non-hydrogen) atoms. The lowest BCUT2D eigenvalue weighted by molar-refractivity contribution is -0.131. The van der Waals surface area contributed by atoms with Gasteiger partial charge in [-0.15, -0.1) is 0 Å². The van der Waals surface area contributed by atoms with E-state index in [0.29, 0.717) is 0 Å². The van der Waals surface area contributed by atoms with Crippen LogP contribution in [-0.2, 0) is 4.79 Å². The highest BCUT2D eigenvalue weighted by Gasteiger charge is 2.15. The second-order valence-corrected chi connectivity index (χ2v) is 3.51. The van der Waals surface area contributed by atoms with Crippen LogP contribution in [0.25, 0.3) is 0 Å². The van der Waals surface area contributed by atoms with Crippen LogP contribution < -0.4 is 5.73 Å². The highest BCUT2D eigenvalue weighted by atomic mass is 16.2. The molecule has 0 fully saturated rings. The van der Waals surface area contributed by atoms with Crippen molar-refractivity contribution in [2.24, 2.45) is 5.73 Å². The Morgan fingerprint density at radius 3 is 2.46 bits per heavy atom. The van der Waals surface area contributed by atoms with Gasteiger partial charge >= 0.3 is 0 Å². The number of unbranched alkanes of at least 4 members (excludes halogenated alkanes) is 1. The third-order valence-electron chi connectivity index (χ3n) is 2.14. The number of nitrogens with two attached hydrogens (primary N) is 1. The van der Waals surface area contributed by atoms with Crippen molar-refractivity contribution in [3.8, 4) is 0 Å². The summed E-state index contributed by atoms with van der Waals surface area (Å²) in [6.07, 6.45) is 3.92. The van der Waals surface area contributed by atoms with Gasteiger partial charge in [-0.25, -0.2) is 0 Å². The summed E-state index contributed by atoms with van der Waals surface area (Å²) in [7, 11) is 1.83. The van der Waals surface area contributed by atoms with Gasteiger partial charge in [-0.2, -0.15) is 0 Å². The SMILES string of the molecule is CCCCN(C)C(=O)[C@H](N)CCC. The van der Waals surface area contributed by atoms with Gasteiger partial charge in [0.1, 0.15) is 0 Å². The summed E-state index contributed by atoms with van der Waals surface area (Å²) in [5.41, 5.74) is 5.71. The molecule has 78 valence electrons. The molecule has 0 aromatic carbocycles. The minimum Gasteiger partial charge on any atom is -0.344 e. The molecular formula is C10H22N2O. The topological polar surface area (TPSA) is 46.3 Å². The lowest BCUT2D eigenvalue weighted by atomic mass is 10.1. The predicted molar refractivity (Wildman–Crippen MR) is 55.4 cm³/mol. The molecule has 1 atom stereocenters. The number of hydrogen-bond acceptors (Lipinski definition) is 2. The van der Waals surface area contributed by atoms with Crippen LogP contribution in [0.4, 0.5) is 0 Å². The molecule has 0 bridgehead atoms. The normalized spacial score (nSPS) is 12.6. The maximum atomic E-state index is 11.5. The molecule has 0 aliphatic carbocycles. The van der Waals surface area contributed by atoms with E-state index in [-0.39, 0.29) is 11.9 Å². The lowest BCUT2D eigenvalue weighted by Gasteiger charge is -2.20. The fourth-order valence-electron chi connectivity index (χ4n) is 1.22. The van der Waals surface area contributed by atoms with E-state index in [1.165, 1.54) is 0 Å². The predicted octanol–water partition coefficient (Wildman–Crippen LogP) is 1.37. The molecule has 0 spiro atoms. The molecule has 3 nitrogen and oxygen atoms in total. The van der Waals surface area contributed by atoms with E-state index < -0.39 is 0 Å². The van der Waals surface area contributed by atoms with E-state index in [4.69, 9.17) is 5.73 Å². The van der Waals surface area contributed by atoms with Crippen LogP contribution in [-0.4, -0.2) is 30.4 Å². The smallest absolute Gasteiger partial charge is 0.239 e. The third kappa shape index (κ3) is 4.88. The summed E-state index contributed by atoms with van der Waals surface area (Å²) < 4.78 is 0. The van der Waals surface area contributed by atoms with Gasteiger partial charge in [0, 0.05) is 13.6 Å². The number of hydrogen-bond donors (Lipinski definition) is 1. The largest absolute Gasteiger partial charge is 0.344 e. The van der Waals surface area contributed by atoms with Gasteiger partial charge in [0.25, 0.3) is 0 Å². The van der Waals surface area contributed by atoms with Crippen LogP contribution in [0, 0.1) is 0 Å². The van der Waals surface area contributed by atoms with Crippen LogP contribution in [0.3, 0.4) is 0 Å². The zero-order chi connectivity index (χ0) is 10.3. The summed E-state index contributed by atoms with van der Waals surface area (Å²) >= 11 is 0. The Bertz CT molecular complexity index is 148. The lowest BCUT2D eigenvalue weighted by Crippen LogP contribution is -2.41. The van der Waals surface area contributed by atoms with Gasteiger partial charge in [0.05, 0.1) is 6.04 Å². The van der Waals surface area contributed by atoms with E-state index in [1.54, 1.807) is 4.90 Å². The Labute approximate surface area is 81.3 Å². The standard InChI is InChI=1S/C10H22N2O/c1-4-6-8-12(3)10(13)9(11)7-5-2/h9H,4-8,11H2,1-3H3/t9-/m1/s1. The zero-order valence-corrected chi connectivity index (χ0v) is 9.05. The fourth-order valence-corrected chi connectivity index (χ4v) is 1.22. The Morgan fingerprint density at radius 2 is 2.00 bits per heavy atom. The van der Waals surface area contributed by atoms with E-state index in [2.05, 4.69) is 6.92 Å². The molecule has 0 aliphatic heterocycles. The van der Waals surface area contributed by atoms with Crippen molar-refractivity contribution in [1.82, 2.24) is 4.90 Å². The first kappa shape index (κ1) is 12.4. The molecule has 0 aliphatic rings. The number of likely N-dealkylation sites (N-methyl/N-ethyl adjacent to an activating group) is 1. The van der Waals surface area contributed by atoms with E-state index >= 15 is 0 Å². The summed E-state index contributed by atoms with van der Waals surface area (Å²) in [6.45, 7) is 4.98. The first-order valence-electron chi connectivity index (χ1n) is 5.14. The molecule has 0 aromatic rings. The molecule has 0 rings (SSSR count). The molecule has 0 heterocycles. The van der Waals surface area contributed by atoms with Crippen molar-refractivity contribution < 1.29 is 4.79 Å². The van der Waals surface area contributed by atoms with Crippen molar-refractivity contribution in [1.29, 1.82) is 0 Å². The molecule has 0 aromatic heterocycles. The maximum absolute atomic E-state index is 11.5. The van der Waals surface area contributed by atoms with Gasteiger partial charge in [0.15, 0.2) is 0 Å². The van der Waals surface area contributed by atoms with Crippen LogP contribution in [0.1, 0.15) is 39.5 Å². The number of rotatable bonds is 6. The van der Waals surface area contributed by atoms with Gasteiger partial charge < -0.3 is 10.6 Å². The van der Waals surface area contributed by atoms with Crippen molar-refractivity contribution >= 4 is 5.91 Å². The van der Waals surface area contributed by atoms with Gasteiger partial charge in [-0.1, -0.05) is 26.7 Å². The summed E-state index contributed by atoms with van der Waals surface area (Å²) in [6, 6.07) is -0.299. The van der Waals surface area contributed by atoms with E-state index in [9.17, 15) is 4.79 Å². The summed E-state index contributed by atoms with van der Waals surface area (Å²) in [5, 5.41) is 0. The minimum atomic E-state index is -0.299. The van der Waals surface area contributed by atoms with Gasteiger partial charge in [-0.05, 0) is 12.8 Å². The highest BCUT2D eigenvalue weighted by Crippen LogP contribution is 1.99. The van der Waals surface area contributed by atoms with Crippen molar-refractivity contribution in [2.75, 3.05) is 13.6 Å². The number of carbonyl (C=O) groups excluding carboxylic acids is 1. The van der Waals surface area contributed by atoms with Crippen LogP contribution >= 0.6 is 0 Å². The average Bonchev–Trinajstić information content (AvgIpc) is 2.13. The summed E-state index contributed by atoms with van der Waals surface area (Å²) in [5.74, 6) is 0.0790. The zero-order valence-electron chi connectivity index (χ0n) is 9.05. The maximum Gasteiger partial charge on any atom is 0.239 e. The van der Waals surface area contributed by atoms with Crippen molar-refractivity contribution in [3.05, 3.63) is 0 Å². The Kier molecular flexibility index (Phi) is 6.59. The molecule has 3 heteroatoms. The quantitative estimate of drug-likeness (QED) is 0.681. The molecule has 1 amide bonds. The average molecular weight is 186 g/mol. The second kappa shape index (κ2) is 6.89. The molecule has 0 saturated carbocycles. The van der Waals surface area contributed by atoms with Crippen LogP contribution in [0.2, 0.25) is 0 Å². The van der Waals surface area contributed by atoms with E-state index in [0.717, 1.165) is 32.2 Å². The Morgan fingerprint density at radius 1 is 1.38 bits per heavy atom. The van der Waals surface area contributed by atoms with Gasteiger partial charge in [0.2, 0.25) is 5.91 Å². The molecule has 2 N–H and O–H groups in total. The first-order chi connectivity index (χ1) is 6.13. The van der Waals surface area contributed by atoms with Gasteiger partial charge in [-0.3, -0.25) is 4.79 Å². The number of nitrogens with zero attached hydrogens (tertiary/aromatic N) is 1. The molecule has 0 unspecified atom stereocenters. The third-order valence-corrected chi connectivity index (χ3v) is 2.14. The van der Waals surface area contributed by atoms with E-state index in [1.807, 2.05) is 14.0 Å². The second-order valence-electron chi connectivity index (χ2n) is 3.51. The number of carbonyl (C=O) groups is 1. The minimum absolute atomic E-state index is 0.0790. The monoisotopic (exact) mass is 186 g/mol. The Hall–Kier alpha value is -0.570. The Balaban J connectivity index is 3.79. The fraction of sp³-hybridized carbons (Fsp3) is 0.900. The highest BCUT2D eigenvalue weighted by molar-refractivity contribution is 5.81. The van der Waals surface area contributed by atoms with Crippen LogP contribution in [0.15, 0.2) is 0 Å². The number of amides is 1. The first-order valence-corrected chi connectivity index (χ1v) is 5.14. The van der Waals surface area contributed by atoms with Crippen molar-refractivity contribution in [3.63, 3.8) is 0 Å². The molecule has 0 radical (unpaired) electrons. The molecule has 0 saturated heterocycles. The summed E-state index contributed by atoms with van der Waals surface area (Å²) in [4.78, 5) is 13.3. The molecular weight excluding hydrogens is 164 g/mol. The van der Waals surface area contributed by atoms with Crippen LogP contribution in [0.5, 0.6) is 0 Å². The van der Waals surface area contributed by atoms with Crippen molar-refractivity contribution in [2.45, 2.75) is 45.6 Å².